The minimum atomic E-state index is -4.78. The van der Waals surface area contributed by atoms with E-state index in [1.807, 2.05) is 0 Å². The molecule has 0 aromatic heterocycles. The van der Waals surface area contributed by atoms with Crippen molar-refractivity contribution in [1.29, 1.82) is 10.8 Å². The third-order valence-electron chi connectivity index (χ3n) is 4.80. The van der Waals surface area contributed by atoms with Crippen LogP contribution in [0, 0.1) is 10.8 Å². The third kappa shape index (κ3) is 6.78. The number of hydroxylamine groups is 4. The highest BCUT2D eigenvalue weighted by atomic mass is 32.2. The van der Waals surface area contributed by atoms with Crippen molar-refractivity contribution in [2.75, 3.05) is 0 Å². The Morgan fingerprint density at radius 2 is 1.06 bits per heavy atom. The van der Waals surface area contributed by atoms with E-state index in [2.05, 4.69) is 0 Å². The number of imide groups is 2. The molecule has 18 heteroatoms. The lowest BCUT2D eigenvalue weighted by molar-refractivity contribution is -0.168. The minimum Gasteiger partial charge on any atom is -0.354 e. The van der Waals surface area contributed by atoms with Gasteiger partial charge in [-0.3, -0.25) is 39.1 Å². The average Bonchev–Trinajstić information content (AvgIpc) is 3.15. The molecular formula is C16H22N4O12S2. The fraction of sp³-hybridized carbons (Fsp3) is 0.625. The molecule has 4 amide bonds. The molecule has 0 bridgehead atoms. The Balaban J connectivity index is 1.65. The summed E-state index contributed by atoms with van der Waals surface area (Å²) in [5.41, 5.74) is 0. The molecule has 2 saturated heterocycles. The van der Waals surface area contributed by atoms with Crippen molar-refractivity contribution in [2.45, 2.75) is 61.9 Å². The number of carbonyl (C=O) groups excluding carboxylic acids is 4. The van der Waals surface area contributed by atoms with Gasteiger partial charge in [-0.15, -0.1) is 10.1 Å². The van der Waals surface area contributed by atoms with Gasteiger partial charge in [0.2, 0.25) is 11.8 Å². The largest absolute Gasteiger partial charge is 0.354 e. The van der Waals surface area contributed by atoms with Crippen molar-refractivity contribution in [2.24, 2.45) is 0 Å². The van der Waals surface area contributed by atoms with Gasteiger partial charge in [0, 0.05) is 12.8 Å². The van der Waals surface area contributed by atoms with Crippen molar-refractivity contribution in [3.8, 4) is 0 Å². The van der Waals surface area contributed by atoms with E-state index in [0.29, 0.717) is 25.7 Å². The highest BCUT2D eigenvalue weighted by Gasteiger charge is 2.49. The van der Waals surface area contributed by atoms with E-state index >= 15 is 0 Å². The Morgan fingerprint density at radius 1 is 0.735 bits per heavy atom. The summed E-state index contributed by atoms with van der Waals surface area (Å²) in [6.07, 6.45) is 0.148. The molecule has 4 N–H and O–H groups in total. The lowest BCUT2D eigenvalue weighted by Crippen LogP contribution is -2.36. The minimum absolute atomic E-state index is 0.00461. The normalized spacial score (nSPS) is 21.4. The van der Waals surface area contributed by atoms with Gasteiger partial charge in [-0.1, -0.05) is 12.8 Å². The molecular weight excluding hydrogens is 504 g/mol. The molecule has 34 heavy (non-hydrogen) atoms. The molecule has 2 unspecified atom stereocenters. The molecule has 190 valence electrons. The van der Waals surface area contributed by atoms with Crippen LogP contribution in [0.15, 0.2) is 0 Å². The molecule has 0 radical (unpaired) electrons. The number of rotatable bonds is 11. The van der Waals surface area contributed by atoms with Gasteiger partial charge >= 0.3 is 0 Å². The number of amides is 4. The first kappa shape index (κ1) is 27.3. The quantitative estimate of drug-likeness (QED) is 0.0846. The highest BCUT2D eigenvalue weighted by Crippen LogP contribution is 2.21. The summed E-state index contributed by atoms with van der Waals surface area (Å²) in [5, 5.41) is 11.7. The van der Waals surface area contributed by atoms with Crippen LogP contribution in [0.2, 0.25) is 0 Å². The standard InChI is InChI=1S/C16H22N4O12S2/c17-11(31-19-13(21)7-9(15(19)23)33(25,26)27)5-3-1-2-4-6-12(18)32-20-14(22)8-10(16(20)24)34(28,29)30/h9-10,17-18H,1-8H2,(H,25,26,27)(H,28,29,30). The number of nitrogens with one attached hydrogen (secondary N) is 2. The van der Waals surface area contributed by atoms with E-state index in [9.17, 15) is 36.0 Å². The molecule has 0 aromatic rings. The van der Waals surface area contributed by atoms with Gasteiger partial charge in [0.15, 0.2) is 10.5 Å². The number of unbranched alkanes of at least 4 members (excludes halogenated alkanes) is 3. The molecule has 0 spiro atoms. The van der Waals surface area contributed by atoms with Gasteiger partial charge in [0.1, 0.15) is 0 Å². The molecule has 2 atom stereocenters. The number of hydrogen-bond acceptors (Lipinski definition) is 12. The van der Waals surface area contributed by atoms with E-state index < -0.39 is 79.0 Å². The van der Waals surface area contributed by atoms with Crippen LogP contribution in [-0.4, -0.2) is 82.0 Å². The van der Waals surface area contributed by atoms with Gasteiger partial charge < -0.3 is 9.68 Å². The number of hydrogen-bond donors (Lipinski definition) is 4. The maximum atomic E-state index is 11.8. The first-order chi connectivity index (χ1) is 15.6. The maximum absolute atomic E-state index is 11.8. The maximum Gasteiger partial charge on any atom is 0.284 e. The second-order valence-electron chi connectivity index (χ2n) is 7.41. The molecule has 16 nitrogen and oxygen atoms in total. The molecule has 0 aromatic carbocycles. The Hall–Kier alpha value is -2.96. The van der Waals surface area contributed by atoms with Crippen molar-refractivity contribution in [1.82, 2.24) is 10.1 Å². The lowest BCUT2D eigenvalue weighted by Gasteiger charge is -2.15. The van der Waals surface area contributed by atoms with E-state index in [1.54, 1.807) is 0 Å². The monoisotopic (exact) mass is 526 g/mol. The highest BCUT2D eigenvalue weighted by molar-refractivity contribution is 7.87. The Bertz CT molecular complexity index is 1030. The molecule has 2 rings (SSSR count). The zero-order chi connectivity index (χ0) is 25.8. The van der Waals surface area contributed by atoms with Crippen LogP contribution in [0.1, 0.15) is 51.4 Å². The topological polar surface area (TPSA) is 250 Å². The molecule has 0 aliphatic carbocycles. The van der Waals surface area contributed by atoms with Gasteiger partial charge in [-0.25, -0.2) is 0 Å². The summed E-state index contributed by atoms with van der Waals surface area (Å²) < 4.78 is 62.2. The molecule has 2 aliphatic heterocycles. The van der Waals surface area contributed by atoms with Crippen LogP contribution in [0.3, 0.4) is 0 Å². The Kier molecular flexibility index (Phi) is 8.45. The van der Waals surface area contributed by atoms with Crippen molar-refractivity contribution in [3.05, 3.63) is 0 Å². The molecule has 2 aliphatic rings. The van der Waals surface area contributed by atoms with E-state index in [0.717, 1.165) is 0 Å². The van der Waals surface area contributed by atoms with Crippen LogP contribution in [0.4, 0.5) is 0 Å². The van der Waals surface area contributed by atoms with E-state index in [-0.39, 0.29) is 23.0 Å². The third-order valence-corrected chi connectivity index (χ3v) is 6.98. The van der Waals surface area contributed by atoms with Crippen molar-refractivity contribution < 1.29 is 54.8 Å². The van der Waals surface area contributed by atoms with Crippen LogP contribution < -0.4 is 0 Å². The number of nitrogens with zero attached hydrogens (tertiary/aromatic N) is 2. The SMILES string of the molecule is N=C(CCCCCCC(=N)ON1C(=O)CC(S(=O)(=O)O)C1=O)ON1C(=O)CC(S(=O)(=O)O)C1=O. The molecule has 2 heterocycles. The van der Waals surface area contributed by atoms with Crippen molar-refractivity contribution in [3.63, 3.8) is 0 Å². The predicted octanol–water partition coefficient (Wildman–Crippen LogP) is -0.825. The van der Waals surface area contributed by atoms with Crippen LogP contribution in [0.5, 0.6) is 0 Å². The van der Waals surface area contributed by atoms with Crippen LogP contribution in [0.25, 0.3) is 0 Å². The summed E-state index contributed by atoms with van der Waals surface area (Å²) in [7, 11) is -9.56. The Morgan fingerprint density at radius 3 is 1.32 bits per heavy atom. The summed E-state index contributed by atoms with van der Waals surface area (Å²) in [6, 6.07) is 0. The Labute approximate surface area is 193 Å². The van der Waals surface area contributed by atoms with Crippen LogP contribution in [-0.2, 0) is 49.1 Å². The predicted molar refractivity (Wildman–Crippen MR) is 109 cm³/mol. The van der Waals surface area contributed by atoms with Gasteiger partial charge in [-0.2, -0.15) is 16.8 Å². The summed E-state index contributed by atoms with van der Waals surface area (Å²) in [4.78, 5) is 56.6. The second-order valence-corrected chi connectivity index (χ2v) is 10.6. The summed E-state index contributed by atoms with van der Waals surface area (Å²) >= 11 is 0. The molecule has 2 fully saturated rings. The van der Waals surface area contributed by atoms with Crippen molar-refractivity contribution >= 4 is 55.7 Å². The molecule has 0 saturated carbocycles. The fourth-order valence-electron chi connectivity index (χ4n) is 3.06. The van der Waals surface area contributed by atoms with Gasteiger partial charge in [-0.05, 0) is 12.8 Å². The fourth-order valence-corrected chi connectivity index (χ4v) is 4.47. The zero-order valence-corrected chi connectivity index (χ0v) is 19.1. The zero-order valence-electron chi connectivity index (χ0n) is 17.5. The first-order valence-electron chi connectivity index (χ1n) is 9.80. The summed E-state index contributed by atoms with van der Waals surface area (Å²) in [5.74, 6) is -5.54. The second kappa shape index (κ2) is 10.5. The summed E-state index contributed by atoms with van der Waals surface area (Å²) in [6.45, 7) is 0. The van der Waals surface area contributed by atoms with E-state index in [1.165, 1.54) is 0 Å². The van der Waals surface area contributed by atoms with E-state index in [4.69, 9.17) is 29.6 Å². The lowest BCUT2D eigenvalue weighted by atomic mass is 10.1. The average molecular weight is 527 g/mol. The van der Waals surface area contributed by atoms with Gasteiger partial charge in [0.05, 0.1) is 12.8 Å². The first-order valence-corrected chi connectivity index (χ1v) is 12.8. The number of carbonyl (C=O) groups is 4. The smallest absolute Gasteiger partial charge is 0.284 e. The van der Waals surface area contributed by atoms with Crippen LogP contribution >= 0.6 is 0 Å². The van der Waals surface area contributed by atoms with Gasteiger partial charge in [0.25, 0.3) is 43.9 Å².